The molecule has 6 heteroatoms. The van der Waals surface area contributed by atoms with Crippen LogP contribution in [0.25, 0.3) is 0 Å². The van der Waals surface area contributed by atoms with Gasteiger partial charge in [0.1, 0.15) is 10.7 Å². The minimum Gasteiger partial charge on any atom is -0.211 e. The molecule has 0 aromatic heterocycles. The second kappa shape index (κ2) is 5.67. The van der Waals surface area contributed by atoms with Crippen LogP contribution in [0.3, 0.4) is 0 Å². The molecule has 1 aromatic carbocycles. The van der Waals surface area contributed by atoms with E-state index in [1.807, 2.05) is 20.8 Å². The smallest absolute Gasteiger partial charge is 0.211 e. The monoisotopic (exact) mass is 337 g/mol. The zero-order chi connectivity index (χ0) is 14.0. The van der Waals surface area contributed by atoms with Gasteiger partial charge in [-0.1, -0.05) is 36.7 Å². The molecule has 0 fully saturated rings. The number of nitrogens with one attached hydrogen (secondary N) is 1. The molecule has 18 heavy (non-hydrogen) atoms. The highest BCUT2D eigenvalue weighted by Crippen LogP contribution is 2.20. The molecule has 0 saturated heterocycles. The summed E-state index contributed by atoms with van der Waals surface area (Å²) in [7, 11) is -3.78. The lowest BCUT2D eigenvalue weighted by Crippen LogP contribution is -2.28. The van der Waals surface area contributed by atoms with Crippen LogP contribution in [0.2, 0.25) is 0 Å². The van der Waals surface area contributed by atoms with Crippen molar-refractivity contribution in [2.24, 2.45) is 5.41 Å². The van der Waals surface area contributed by atoms with Crippen molar-refractivity contribution >= 4 is 26.0 Å². The molecule has 0 amide bonds. The van der Waals surface area contributed by atoms with Crippen LogP contribution in [0.15, 0.2) is 27.6 Å². The Morgan fingerprint density at radius 1 is 1.33 bits per heavy atom. The van der Waals surface area contributed by atoms with E-state index in [4.69, 9.17) is 0 Å². The minimum absolute atomic E-state index is 0.0286. The maximum absolute atomic E-state index is 13.6. The molecular formula is C12H17BrFNO2S. The molecule has 1 rings (SSSR count). The van der Waals surface area contributed by atoms with Crippen LogP contribution >= 0.6 is 15.9 Å². The van der Waals surface area contributed by atoms with E-state index in [2.05, 4.69) is 20.7 Å². The van der Waals surface area contributed by atoms with E-state index in [0.29, 0.717) is 17.4 Å². The second-order valence-corrected chi connectivity index (χ2v) is 7.93. The van der Waals surface area contributed by atoms with Gasteiger partial charge < -0.3 is 0 Å². The van der Waals surface area contributed by atoms with Crippen LogP contribution in [-0.4, -0.2) is 15.0 Å². The van der Waals surface area contributed by atoms with E-state index in [9.17, 15) is 12.8 Å². The molecule has 0 aliphatic heterocycles. The fourth-order valence-corrected chi connectivity index (χ4v) is 2.75. The zero-order valence-electron chi connectivity index (χ0n) is 10.6. The highest BCUT2D eigenvalue weighted by Gasteiger charge is 2.19. The van der Waals surface area contributed by atoms with Crippen molar-refractivity contribution in [3.8, 4) is 0 Å². The van der Waals surface area contributed by atoms with Crippen molar-refractivity contribution < 1.29 is 12.8 Å². The number of hydrogen-bond donors (Lipinski definition) is 1. The van der Waals surface area contributed by atoms with Crippen molar-refractivity contribution in [1.29, 1.82) is 0 Å². The molecule has 0 aliphatic rings. The van der Waals surface area contributed by atoms with E-state index < -0.39 is 15.8 Å². The van der Waals surface area contributed by atoms with Gasteiger partial charge in [-0.15, -0.1) is 0 Å². The average Bonchev–Trinajstić information content (AvgIpc) is 2.13. The summed E-state index contributed by atoms with van der Waals surface area (Å²) in [4.78, 5) is -0.320. The summed E-state index contributed by atoms with van der Waals surface area (Å²) in [6.45, 7) is 6.34. The molecule has 0 atom stereocenters. The predicted molar refractivity (Wildman–Crippen MR) is 73.4 cm³/mol. The van der Waals surface area contributed by atoms with Crippen molar-refractivity contribution in [3.05, 3.63) is 28.5 Å². The molecule has 102 valence electrons. The largest absolute Gasteiger partial charge is 0.243 e. The van der Waals surface area contributed by atoms with E-state index >= 15 is 0 Å². The van der Waals surface area contributed by atoms with Crippen LogP contribution < -0.4 is 4.72 Å². The van der Waals surface area contributed by atoms with E-state index in [0.717, 1.165) is 6.07 Å². The normalized spacial score (nSPS) is 12.7. The Bertz CT molecular complexity index is 523. The second-order valence-electron chi connectivity index (χ2n) is 5.28. The summed E-state index contributed by atoms with van der Waals surface area (Å²) in [5.41, 5.74) is 0.0286. The molecule has 0 aliphatic carbocycles. The Kier molecular flexibility index (Phi) is 4.91. The Hall–Kier alpha value is -0.460. The topological polar surface area (TPSA) is 46.2 Å². The Morgan fingerprint density at radius 3 is 2.44 bits per heavy atom. The first-order valence-electron chi connectivity index (χ1n) is 5.56. The third-order valence-electron chi connectivity index (χ3n) is 2.35. The maximum atomic E-state index is 13.6. The third kappa shape index (κ3) is 4.66. The van der Waals surface area contributed by atoms with Gasteiger partial charge >= 0.3 is 0 Å². The van der Waals surface area contributed by atoms with E-state index in [1.165, 1.54) is 12.1 Å². The van der Waals surface area contributed by atoms with Crippen molar-refractivity contribution in [2.45, 2.75) is 32.1 Å². The molecular weight excluding hydrogens is 321 g/mol. The van der Waals surface area contributed by atoms with Crippen LogP contribution in [-0.2, 0) is 10.0 Å². The van der Waals surface area contributed by atoms with E-state index in [1.54, 1.807) is 0 Å². The van der Waals surface area contributed by atoms with Crippen molar-refractivity contribution in [2.75, 3.05) is 6.54 Å². The molecule has 0 bridgehead atoms. The van der Waals surface area contributed by atoms with Gasteiger partial charge in [0.15, 0.2) is 0 Å². The number of sulfonamides is 1. The molecule has 0 spiro atoms. The Balaban J connectivity index is 2.81. The van der Waals surface area contributed by atoms with Gasteiger partial charge in [-0.05, 0) is 30.0 Å². The highest BCUT2D eigenvalue weighted by molar-refractivity contribution is 9.10. The van der Waals surface area contributed by atoms with Gasteiger partial charge in [-0.25, -0.2) is 17.5 Å². The minimum atomic E-state index is -3.78. The van der Waals surface area contributed by atoms with Gasteiger partial charge in [0, 0.05) is 11.0 Å². The SMILES string of the molecule is CC(C)(C)CCNS(=O)(=O)c1ccc(Br)cc1F. The third-order valence-corrected chi connectivity index (χ3v) is 4.34. The molecule has 1 N–H and O–H groups in total. The van der Waals surface area contributed by atoms with Crippen molar-refractivity contribution in [3.63, 3.8) is 0 Å². The molecule has 3 nitrogen and oxygen atoms in total. The van der Waals surface area contributed by atoms with Crippen LogP contribution in [0.5, 0.6) is 0 Å². The fourth-order valence-electron chi connectivity index (χ4n) is 1.33. The number of benzene rings is 1. The lowest BCUT2D eigenvalue weighted by Gasteiger charge is -2.18. The van der Waals surface area contributed by atoms with E-state index in [-0.39, 0.29) is 10.3 Å². The number of hydrogen-bond acceptors (Lipinski definition) is 2. The highest BCUT2D eigenvalue weighted by atomic mass is 79.9. The standard InChI is InChI=1S/C12H17BrFNO2S/c1-12(2,3)6-7-15-18(16,17)11-5-4-9(13)8-10(11)14/h4-5,8,15H,6-7H2,1-3H3. The zero-order valence-corrected chi connectivity index (χ0v) is 13.0. The molecule has 0 radical (unpaired) electrons. The fraction of sp³-hybridized carbons (Fsp3) is 0.500. The van der Waals surface area contributed by atoms with Gasteiger partial charge in [-0.2, -0.15) is 0 Å². The molecule has 1 aromatic rings. The quantitative estimate of drug-likeness (QED) is 0.916. The summed E-state index contributed by atoms with van der Waals surface area (Å²) < 4.78 is 40.2. The number of rotatable bonds is 4. The van der Waals surface area contributed by atoms with Crippen molar-refractivity contribution in [1.82, 2.24) is 4.72 Å². The van der Waals surface area contributed by atoms with Gasteiger partial charge in [0.25, 0.3) is 0 Å². The van der Waals surface area contributed by atoms with Crippen LogP contribution in [0.1, 0.15) is 27.2 Å². The lowest BCUT2D eigenvalue weighted by molar-refractivity contribution is 0.378. The van der Waals surface area contributed by atoms with Crippen LogP contribution in [0, 0.1) is 11.2 Å². The van der Waals surface area contributed by atoms with Gasteiger partial charge in [0.2, 0.25) is 10.0 Å². The first-order chi connectivity index (χ1) is 8.12. The van der Waals surface area contributed by atoms with Gasteiger partial charge in [0.05, 0.1) is 0 Å². The first kappa shape index (κ1) is 15.6. The Labute approximate surface area is 116 Å². The number of halogens is 2. The predicted octanol–water partition coefficient (Wildman–Crippen LogP) is 3.30. The summed E-state index contributed by atoms with van der Waals surface area (Å²) >= 11 is 3.09. The lowest BCUT2D eigenvalue weighted by atomic mass is 9.93. The summed E-state index contributed by atoms with van der Waals surface area (Å²) in [5.74, 6) is -0.757. The molecule has 0 saturated carbocycles. The summed E-state index contributed by atoms with van der Waals surface area (Å²) in [6, 6.07) is 3.89. The molecule has 0 unspecified atom stereocenters. The molecule has 0 heterocycles. The first-order valence-corrected chi connectivity index (χ1v) is 7.84. The Morgan fingerprint density at radius 2 is 1.94 bits per heavy atom. The van der Waals surface area contributed by atoms with Crippen LogP contribution in [0.4, 0.5) is 4.39 Å². The maximum Gasteiger partial charge on any atom is 0.243 e. The van der Waals surface area contributed by atoms with Gasteiger partial charge in [-0.3, -0.25) is 0 Å². The summed E-state index contributed by atoms with van der Waals surface area (Å²) in [6.07, 6.45) is 0.685. The summed E-state index contributed by atoms with van der Waals surface area (Å²) in [5, 5.41) is 0. The average molecular weight is 338 g/mol.